The SMILES string of the molecule is CCCn1c(=O)cnc2ncc(F)cc21. The molecule has 0 aliphatic heterocycles. The largest absolute Gasteiger partial charge is 0.304 e. The smallest absolute Gasteiger partial charge is 0.269 e. The van der Waals surface area contributed by atoms with Crippen LogP contribution < -0.4 is 5.56 Å². The maximum absolute atomic E-state index is 13.0. The molecule has 0 saturated carbocycles. The number of aryl methyl sites for hydroxylation is 1. The normalized spacial score (nSPS) is 10.8. The summed E-state index contributed by atoms with van der Waals surface area (Å²) in [5, 5.41) is 0. The molecule has 0 aromatic carbocycles. The van der Waals surface area contributed by atoms with Gasteiger partial charge in [-0.1, -0.05) is 6.92 Å². The Balaban J connectivity index is 2.78. The molecule has 0 fully saturated rings. The fourth-order valence-corrected chi connectivity index (χ4v) is 1.48. The van der Waals surface area contributed by atoms with Crippen LogP contribution in [0.2, 0.25) is 0 Å². The Labute approximate surface area is 85.4 Å². The number of hydrogen-bond acceptors (Lipinski definition) is 3. The van der Waals surface area contributed by atoms with Gasteiger partial charge in [-0.3, -0.25) is 4.79 Å². The second kappa shape index (κ2) is 3.76. The average Bonchev–Trinajstić information content (AvgIpc) is 2.23. The first-order valence-electron chi connectivity index (χ1n) is 4.73. The van der Waals surface area contributed by atoms with Gasteiger partial charge >= 0.3 is 0 Å². The molecule has 15 heavy (non-hydrogen) atoms. The highest BCUT2D eigenvalue weighted by Gasteiger charge is 2.05. The molecule has 0 spiro atoms. The van der Waals surface area contributed by atoms with Gasteiger partial charge in [0.1, 0.15) is 5.82 Å². The molecule has 0 unspecified atom stereocenters. The van der Waals surface area contributed by atoms with Gasteiger partial charge in [0.15, 0.2) is 5.65 Å². The van der Waals surface area contributed by atoms with E-state index in [1.54, 1.807) is 0 Å². The standard InChI is InChI=1S/C10H10FN3O/c1-2-3-14-8-4-7(11)5-12-10(8)13-6-9(14)15/h4-6H,2-3H2,1H3. The predicted octanol–water partition coefficient (Wildman–Crippen LogP) is 1.34. The van der Waals surface area contributed by atoms with E-state index in [0.29, 0.717) is 17.7 Å². The van der Waals surface area contributed by atoms with Crippen molar-refractivity contribution in [3.05, 3.63) is 34.6 Å². The summed E-state index contributed by atoms with van der Waals surface area (Å²) in [6.07, 6.45) is 3.11. The molecule has 0 aliphatic rings. The van der Waals surface area contributed by atoms with Crippen LogP contribution in [0.5, 0.6) is 0 Å². The molecule has 4 nitrogen and oxygen atoms in total. The lowest BCUT2D eigenvalue weighted by Crippen LogP contribution is -2.20. The highest BCUT2D eigenvalue weighted by atomic mass is 19.1. The van der Waals surface area contributed by atoms with Crippen molar-refractivity contribution in [2.75, 3.05) is 0 Å². The van der Waals surface area contributed by atoms with Gasteiger partial charge in [0, 0.05) is 12.6 Å². The maximum atomic E-state index is 13.0. The van der Waals surface area contributed by atoms with Crippen molar-refractivity contribution in [1.29, 1.82) is 0 Å². The lowest BCUT2D eigenvalue weighted by atomic mass is 10.3. The molecule has 2 rings (SSSR count). The van der Waals surface area contributed by atoms with Crippen molar-refractivity contribution in [2.45, 2.75) is 19.9 Å². The number of fused-ring (bicyclic) bond motifs is 1. The summed E-state index contributed by atoms with van der Waals surface area (Å²) in [5.41, 5.74) is 0.616. The number of aromatic nitrogens is 3. The Morgan fingerprint density at radius 1 is 1.40 bits per heavy atom. The lowest BCUT2D eigenvalue weighted by Gasteiger charge is -2.06. The first-order valence-corrected chi connectivity index (χ1v) is 4.73. The van der Waals surface area contributed by atoms with Crippen LogP contribution in [-0.4, -0.2) is 14.5 Å². The Hall–Kier alpha value is -1.78. The minimum Gasteiger partial charge on any atom is -0.304 e. The number of halogens is 1. The molecule has 78 valence electrons. The fraction of sp³-hybridized carbons (Fsp3) is 0.300. The first kappa shape index (κ1) is 9.76. The molecule has 0 radical (unpaired) electrons. The van der Waals surface area contributed by atoms with Crippen LogP contribution in [0.4, 0.5) is 4.39 Å². The summed E-state index contributed by atoms with van der Waals surface area (Å²) in [4.78, 5) is 19.2. The molecule has 0 bridgehead atoms. The highest BCUT2D eigenvalue weighted by Crippen LogP contribution is 2.08. The van der Waals surface area contributed by atoms with E-state index in [4.69, 9.17) is 0 Å². The molecular weight excluding hydrogens is 197 g/mol. The summed E-state index contributed by atoms with van der Waals surface area (Å²) >= 11 is 0. The molecule has 0 saturated heterocycles. The van der Waals surface area contributed by atoms with E-state index in [1.807, 2.05) is 6.92 Å². The highest BCUT2D eigenvalue weighted by molar-refractivity contribution is 5.69. The summed E-state index contributed by atoms with van der Waals surface area (Å²) < 4.78 is 14.5. The van der Waals surface area contributed by atoms with E-state index >= 15 is 0 Å². The molecule has 0 atom stereocenters. The molecule has 2 aromatic heterocycles. The third-order valence-corrected chi connectivity index (χ3v) is 2.12. The fourth-order valence-electron chi connectivity index (χ4n) is 1.48. The van der Waals surface area contributed by atoms with E-state index in [2.05, 4.69) is 9.97 Å². The second-order valence-electron chi connectivity index (χ2n) is 3.24. The maximum Gasteiger partial charge on any atom is 0.269 e. The van der Waals surface area contributed by atoms with Crippen LogP contribution in [0.1, 0.15) is 13.3 Å². The van der Waals surface area contributed by atoms with Crippen molar-refractivity contribution in [3.8, 4) is 0 Å². The molecule has 2 heterocycles. The Bertz CT molecular complexity index is 550. The zero-order valence-electron chi connectivity index (χ0n) is 8.27. The van der Waals surface area contributed by atoms with E-state index in [9.17, 15) is 9.18 Å². The van der Waals surface area contributed by atoms with Crippen LogP contribution in [0.15, 0.2) is 23.3 Å². The van der Waals surface area contributed by atoms with Gasteiger partial charge in [0.05, 0.1) is 17.9 Å². The molecular formula is C10H10FN3O. The molecule has 0 aliphatic carbocycles. The van der Waals surface area contributed by atoms with Crippen molar-refractivity contribution in [3.63, 3.8) is 0 Å². The van der Waals surface area contributed by atoms with Gasteiger partial charge in [0.2, 0.25) is 0 Å². The van der Waals surface area contributed by atoms with Gasteiger partial charge in [0.25, 0.3) is 5.56 Å². The average molecular weight is 207 g/mol. The summed E-state index contributed by atoms with van der Waals surface area (Å²) in [5.74, 6) is -0.459. The molecule has 0 amide bonds. The zero-order valence-corrected chi connectivity index (χ0v) is 8.27. The number of hydrogen-bond donors (Lipinski definition) is 0. The van der Waals surface area contributed by atoms with E-state index in [0.717, 1.165) is 12.6 Å². The van der Waals surface area contributed by atoms with Crippen molar-refractivity contribution in [1.82, 2.24) is 14.5 Å². The monoisotopic (exact) mass is 207 g/mol. The summed E-state index contributed by atoms with van der Waals surface area (Å²) in [7, 11) is 0. The summed E-state index contributed by atoms with van der Waals surface area (Å²) in [6, 6.07) is 1.28. The van der Waals surface area contributed by atoms with Crippen LogP contribution >= 0.6 is 0 Å². The van der Waals surface area contributed by atoms with Gasteiger partial charge in [-0.2, -0.15) is 0 Å². The van der Waals surface area contributed by atoms with E-state index in [-0.39, 0.29) is 5.56 Å². The first-order chi connectivity index (χ1) is 7.22. The quantitative estimate of drug-likeness (QED) is 0.746. The third-order valence-electron chi connectivity index (χ3n) is 2.12. The molecule has 2 aromatic rings. The van der Waals surface area contributed by atoms with E-state index in [1.165, 1.54) is 16.8 Å². The van der Waals surface area contributed by atoms with Crippen molar-refractivity contribution >= 4 is 11.2 Å². The minimum absolute atomic E-state index is 0.225. The van der Waals surface area contributed by atoms with Gasteiger partial charge in [-0.15, -0.1) is 0 Å². The van der Waals surface area contributed by atoms with Crippen molar-refractivity contribution in [2.24, 2.45) is 0 Å². The molecule has 0 N–H and O–H groups in total. The van der Waals surface area contributed by atoms with Crippen molar-refractivity contribution < 1.29 is 4.39 Å². The third kappa shape index (κ3) is 1.72. The predicted molar refractivity (Wildman–Crippen MR) is 54.0 cm³/mol. The van der Waals surface area contributed by atoms with Crippen LogP contribution in [0.25, 0.3) is 11.2 Å². The van der Waals surface area contributed by atoms with Gasteiger partial charge in [-0.05, 0) is 6.42 Å². The summed E-state index contributed by atoms with van der Waals surface area (Å²) in [6.45, 7) is 2.49. The Morgan fingerprint density at radius 2 is 2.13 bits per heavy atom. The van der Waals surface area contributed by atoms with Gasteiger partial charge < -0.3 is 4.57 Å². The number of nitrogens with zero attached hydrogens (tertiary/aromatic N) is 3. The van der Waals surface area contributed by atoms with Crippen LogP contribution in [0.3, 0.4) is 0 Å². The van der Waals surface area contributed by atoms with E-state index < -0.39 is 5.82 Å². The second-order valence-corrected chi connectivity index (χ2v) is 3.24. The Kier molecular flexibility index (Phi) is 2.45. The van der Waals surface area contributed by atoms with Gasteiger partial charge in [-0.25, -0.2) is 14.4 Å². The minimum atomic E-state index is -0.459. The van der Waals surface area contributed by atoms with Crippen LogP contribution in [-0.2, 0) is 6.54 Å². The Morgan fingerprint density at radius 3 is 2.87 bits per heavy atom. The number of pyridine rings is 1. The number of rotatable bonds is 2. The molecule has 5 heteroatoms. The van der Waals surface area contributed by atoms with Crippen LogP contribution in [0, 0.1) is 5.82 Å². The lowest BCUT2D eigenvalue weighted by molar-refractivity contribution is 0.617. The topological polar surface area (TPSA) is 47.8 Å². The zero-order chi connectivity index (χ0) is 10.8.